The number of hydrogen-bond donors (Lipinski definition) is 1. The van der Waals surface area contributed by atoms with Crippen LogP contribution in [-0.4, -0.2) is 4.73 Å². The van der Waals surface area contributed by atoms with E-state index in [1.165, 1.54) is 12.1 Å². The first kappa shape index (κ1) is 16.6. The summed E-state index contributed by atoms with van der Waals surface area (Å²) in [6, 6.07) is 24.2. The van der Waals surface area contributed by atoms with E-state index in [4.69, 9.17) is 12.2 Å². The Morgan fingerprint density at radius 2 is 1.25 bits per heavy atom. The zero-order valence-electron chi connectivity index (χ0n) is 12.7. The first-order valence-corrected chi connectivity index (χ1v) is 9.50. The summed E-state index contributed by atoms with van der Waals surface area (Å²) in [5, 5.41) is 4.33. The second-order valence-corrected chi connectivity index (χ2v) is 8.63. The first-order valence-electron chi connectivity index (χ1n) is 7.39. The number of thiocarbonyl (C=S) groups is 1. The lowest BCUT2D eigenvalue weighted by Crippen LogP contribution is -2.25. The molecule has 0 aliphatic carbocycles. The molecule has 2 nitrogen and oxygen atoms in total. The molecule has 3 aromatic rings. The fraction of sp³-hybridized carbons (Fsp3) is 0. The van der Waals surface area contributed by atoms with Crippen LogP contribution in [0.5, 0.6) is 0 Å². The average molecular weight is 355 g/mol. The lowest BCUT2D eigenvalue weighted by molar-refractivity contribution is 0.594. The van der Waals surface area contributed by atoms with Crippen LogP contribution in [0.25, 0.3) is 0 Å². The van der Waals surface area contributed by atoms with Crippen molar-refractivity contribution in [3.8, 4) is 0 Å². The van der Waals surface area contributed by atoms with Gasteiger partial charge in [0, 0.05) is 16.3 Å². The molecule has 0 bridgehead atoms. The molecule has 3 rings (SSSR count). The number of halogens is 1. The number of nitrogens with one attached hydrogen (secondary N) is 1. The van der Waals surface area contributed by atoms with Crippen LogP contribution in [0.2, 0.25) is 0 Å². The Balaban J connectivity index is 2.03. The standard InChI is InChI=1S/C19H15FNOPS/c20-15-11-13-16(14-12-15)21-19(24)23(22,17-7-3-1-4-8-17)18-9-5-2-6-10-18/h1-14H,(H,21,24). The van der Waals surface area contributed by atoms with Crippen molar-refractivity contribution in [3.63, 3.8) is 0 Å². The van der Waals surface area contributed by atoms with E-state index in [9.17, 15) is 8.96 Å². The smallest absolute Gasteiger partial charge is 0.197 e. The molecule has 0 saturated heterocycles. The quantitative estimate of drug-likeness (QED) is 0.550. The van der Waals surface area contributed by atoms with Gasteiger partial charge < -0.3 is 9.88 Å². The van der Waals surface area contributed by atoms with Crippen molar-refractivity contribution in [1.82, 2.24) is 0 Å². The van der Waals surface area contributed by atoms with E-state index < -0.39 is 7.14 Å². The van der Waals surface area contributed by atoms with Gasteiger partial charge in [0.15, 0.2) is 7.14 Å². The highest BCUT2D eigenvalue weighted by atomic mass is 32.1. The number of hydrogen-bond acceptors (Lipinski definition) is 2. The maximum absolute atomic E-state index is 13.9. The van der Waals surface area contributed by atoms with Crippen LogP contribution in [0.15, 0.2) is 84.9 Å². The molecular weight excluding hydrogens is 340 g/mol. The van der Waals surface area contributed by atoms with Crippen LogP contribution in [0.3, 0.4) is 0 Å². The predicted octanol–water partition coefficient (Wildman–Crippen LogP) is 4.54. The third-order valence-electron chi connectivity index (χ3n) is 3.62. The van der Waals surface area contributed by atoms with Gasteiger partial charge in [0.05, 0.1) is 0 Å². The summed E-state index contributed by atoms with van der Waals surface area (Å²) < 4.78 is 27.2. The lowest BCUT2D eigenvalue weighted by atomic mass is 10.3. The highest BCUT2D eigenvalue weighted by molar-refractivity contribution is 8.08. The van der Waals surface area contributed by atoms with Crippen molar-refractivity contribution in [2.45, 2.75) is 0 Å². The molecular formula is C19H15FNOPS. The molecule has 120 valence electrons. The maximum atomic E-state index is 13.9. The minimum absolute atomic E-state index is 0.228. The van der Waals surface area contributed by atoms with Crippen molar-refractivity contribution in [2.24, 2.45) is 0 Å². The zero-order valence-corrected chi connectivity index (χ0v) is 14.4. The van der Waals surface area contributed by atoms with Crippen molar-refractivity contribution >= 4 is 40.4 Å². The van der Waals surface area contributed by atoms with E-state index in [0.717, 1.165) is 0 Å². The Labute approximate surface area is 145 Å². The Morgan fingerprint density at radius 3 is 1.71 bits per heavy atom. The van der Waals surface area contributed by atoms with E-state index in [0.29, 0.717) is 16.3 Å². The summed E-state index contributed by atoms with van der Waals surface area (Å²) in [5.41, 5.74) is 0.605. The van der Waals surface area contributed by atoms with Gasteiger partial charge >= 0.3 is 0 Å². The fourth-order valence-electron chi connectivity index (χ4n) is 2.39. The molecule has 0 heterocycles. The zero-order chi connectivity index (χ0) is 17.0. The Morgan fingerprint density at radius 1 is 0.792 bits per heavy atom. The van der Waals surface area contributed by atoms with Crippen molar-refractivity contribution in [2.75, 3.05) is 5.32 Å². The molecule has 0 aliphatic heterocycles. The average Bonchev–Trinajstić information content (AvgIpc) is 2.64. The summed E-state index contributed by atoms with van der Waals surface area (Å²) in [7, 11) is -3.17. The number of benzene rings is 3. The van der Waals surface area contributed by atoms with Crippen molar-refractivity contribution < 1.29 is 8.96 Å². The molecule has 3 aromatic carbocycles. The molecule has 0 aromatic heterocycles. The summed E-state index contributed by atoms with van der Waals surface area (Å²) in [6.07, 6.45) is 0. The van der Waals surface area contributed by atoms with Gasteiger partial charge in [0.2, 0.25) is 0 Å². The van der Waals surface area contributed by atoms with Crippen molar-refractivity contribution in [1.29, 1.82) is 0 Å². The third-order valence-corrected chi connectivity index (χ3v) is 7.23. The maximum Gasteiger partial charge on any atom is 0.197 e. The topological polar surface area (TPSA) is 29.1 Å². The summed E-state index contributed by atoms with van der Waals surface area (Å²) >= 11 is 5.50. The van der Waals surface area contributed by atoms with Crippen LogP contribution in [-0.2, 0) is 4.57 Å². The minimum atomic E-state index is -3.17. The predicted molar refractivity (Wildman–Crippen MR) is 102 cm³/mol. The van der Waals surface area contributed by atoms with E-state index >= 15 is 0 Å². The van der Waals surface area contributed by atoms with Gasteiger partial charge in [-0.25, -0.2) is 4.39 Å². The molecule has 5 heteroatoms. The fourth-order valence-corrected chi connectivity index (χ4v) is 5.38. The molecule has 0 aliphatic rings. The van der Waals surface area contributed by atoms with Gasteiger partial charge in [0.25, 0.3) is 0 Å². The molecule has 0 atom stereocenters. The Bertz CT molecular complexity index is 839. The van der Waals surface area contributed by atoms with E-state index in [2.05, 4.69) is 5.32 Å². The minimum Gasteiger partial charge on any atom is -0.343 e. The van der Waals surface area contributed by atoms with Crippen molar-refractivity contribution in [3.05, 3.63) is 90.7 Å². The van der Waals surface area contributed by atoms with E-state index in [1.54, 1.807) is 12.1 Å². The third kappa shape index (κ3) is 3.30. The summed E-state index contributed by atoms with van der Waals surface area (Å²) in [5.74, 6) is -0.333. The SMILES string of the molecule is O=P(C(=S)Nc1ccc(F)cc1)(c1ccccc1)c1ccccc1. The van der Waals surface area contributed by atoms with Gasteiger partial charge in [-0.2, -0.15) is 0 Å². The van der Waals surface area contributed by atoms with Crippen LogP contribution in [0.1, 0.15) is 0 Å². The second-order valence-electron chi connectivity index (χ2n) is 5.22. The highest BCUT2D eigenvalue weighted by Crippen LogP contribution is 2.45. The number of rotatable bonds is 4. The second kappa shape index (κ2) is 7.08. The number of anilines is 1. The molecule has 24 heavy (non-hydrogen) atoms. The normalized spacial score (nSPS) is 11.0. The molecule has 0 radical (unpaired) electrons. The van der Waals surface area contributed by atoms with Gasteiger partial charge in [-0.3, -0.25) is 0 Å². The monoisotopic (exact) mass is 355 g/mol. The first-order chi connectivity index (χ1) is 11.6. The van der Waals surface area contributed by atoms with Crippen LogP contribution in [0, 0.1) is 5.82 Å². The van der Waals surface area contributed by atoms with Gasteiger partial charge in [-0.15, -0.1) is 0 Å². The molecule has 0 amide bonds. The molecule has 0 fully saturated rings. The Hall–Kier alpha value is -2.29. The van der Waals surface area contributed by atoms with Gasteiger partial charge in [0.1, 0.15) is 10.5 Å². The van der Waals surface area contributed by atoms with Gasteiger partial charge in [-0.1, -0.05) is 72.9 Å². The van der Waals surface area contributed by atoms with E-state index in [1.807, 2.05) is 60.7 Å². The highest BCUT2D eigenvalue weighted by Gasteiger charge is 2.32. The molecule has 0 unspecified atom stereocenters. The lowest BCUT2D eigenvalue weighted by Gasteiger charge is -2.21. The molecule has 0 saturated carbocycles. The van der Waals surface area contributed by atoms with Gasteiger partial charge in [-0.05, 0) is 24.3 Å². The Kier molecular flexibility index (Phi) is 4.89. The van der Waals surface area contributed by atoms with Crippen LogP contribution >= 0.6 is 19.4 Å². The summed E-state index contributed by atoms with van der Waals surface area (Å²) in [6.45, 7) is 0. The van der Waals surface area contributed by atoms with Crippen LogP contribution in [0.4, 0.5) is 10.1 Å². The van der Waals surface area contributed by atoms with Crippen LogP contribution < -0.4 is 15.9 Å². The molecule has 1 N–H and O–H groups in total. The molecule has 0 spiro atoms. The largest absolute Gasteiger partial charge is 0.343 e. The van der Waals surface area contributed by atoms with E-state index in [-0.39, 0.29) is 10.5 Å². The summed E-state index contributed by atoms with van der Waals surface area (Å²) in [4.78, 5) is 0.